The van der Waals surface area contributed by atoms with Crippen LogP contribution in [0, 0.1) is 12.3 Å². The molecular weight excluding hydrogens is 106 g/mol. The van der Waals surface area contributed by atoms with Gasteiger partial charge in [0.25, 0.3) is 0 Å². The molecule has 0 rings (SSSR count). The molecular formula is C5H6NO2-. The predicted molar refractivity (Wildman–Crippen MR) is 26.8 cm³/mol. The topological polar surface area (TPSA) is 52.2 Å². The molecule has 0 spiro atoms. The van der Waals surface area contributed by atoms with Crippen molar-refractivity contribution in [1.82, 2.24) is 5.32 Å². The Morgan fingerprint density at radius 1 is 1.88 bits per heavy atom. The van der Waals surface area contributed by atoms with Gasteiger partial charge in [-0.15, -0.1) is 12.3 Å². The number of carbonyl (C=O) groups excluding carboxylic acids is 1. The lowest BCUT2D eigenvalue weighted by Crippen LogP contribution is -2.36. The van der Waals surface area contributed by atoms with Crippen molar-refractivity contribution in [2.24, 2.45) is 0 Å². The molecule has 0 fully saturated rings. The van der Waals surface area contributed by atoms with Crippen molar-refractivity contribution in [2.75, 3.05) is 6.54 Å². The van der Waals surface area contributed by atoms with Gasteiger partial charge in [-0.05, 0) is 0 Å². The third-order valence-corrected chi connectivity index (χ3v) is 0.539. The molecule has 0 aliphatic heterocycles. The monoisotopic (exact) mass is 112 g/mol. The summed E-state index contributed by atoms with van der Waals surface area (Å²) in [4.78, 5) is 9.58. The molecule has 8 heavy (non-hydrogen) atoms. The number of nitrogens with one attached hydrogen (secondary N) is 1. The highest BCUT2D eigenvalue weighted by molar-refractivity contribution is 5.61. The molecule has 0 unspecified atom stereocenters. The molecule has 0 saturated heterocycles. The van der Waals surface area contributed by atoms with E-state index in [9.17, 15) is 9.90 Å². The van der Waals surface area contributed by atoms with Crippen LogP contribution in [-0.2, 0) is 0 Å². The molecule has 0 aliphatic carbocycles. The van der Waals surface area contributed by atoms with E-state index in [0.29, 0.717) is 6.42 Å². The van der Waals surface area contributed by atoms with E-state index in [1.165, 1.54) is 0 Å². The maximum atomic E-state index is 9.58. The van der Waals surface area contributed by atoms with Crippen LogP contribution >= 0.6 is 0 Å². The van der Waals surface area contributed by atoms with Crippen LogP contribution in [0.1, 0.15) is 6.42 Å². The summed E-state index contributed by atoms with van der Waals surface area (Å²) in [6, 6.07) is 0. The molecule has 1 N–H and O–H groups in total. The van der Waals surface area contributed by atoms with E-state index in [2.05, 4.69) is 5.92 Å². The highest BCUT2D eigenvalue weighted by Gasteiger charge is 1.78. The summed E-state index contributed by atoms with van der Waals surface area (Å²) in [5.41, 5.74) is 0. The van der Waals surface area contributed by atoms with Crippen LogP contribution in [0.3, 0.4) is 0 Å². The van der Waals surface area contributed by atoms with Crippen molar-refractivity contribution in [3.8, 4) is 12.3 Å². The Morgan fingerprint density at radius 3 is 2.88 bits per heavy atom. The van der Waals surface area contributed by atoms with Crippen LogP contribution in [0.2, 0.25) is 0 Å². The van der Waals surface area contributed by atoms with Crippen LogP contribution in [0.25, 0.3) is 0 Å². The van der Waals surface area contributed by atoms with Crippen molar-refractivity contribution in [2.45, 2.75) is 6.42 Å². The lowest BCUT2D eigenvalue weighted by atomic mass is 10.4. The highest BCUT2D eigenvalue weighted by atomic mass is 16.4. The average Bonchev–Trinajstić information content (AvgIpc) is 1.66. The molecule has 0 atom stereocenters. The van der Waals surface area contributed by atoms with Gasteiger partial charge in [0.15, 0.2) is 0 Å². The zero-order valence-corrected chi connectivity index (χ0v) is 4.31. The summed E-state index contributed by atoms with van der Waals surface area (Å²) in [6.07, 6.45) is 3.94. The van der Waals surface area contributed by atoms with Gasteiger partial charge in [0.2, 0.25) is 0 Å². The minimum absolute atomic E-state index is 0.277. The quantitative estimate of drug-likeness (QED) is 0.366. The molecule has 0 heterocycles. The van der Waals surface area contributed by atoms with E-state index >= 15 is 0 Å². The second kappa shape index (κ2) is 4.00. The smallest absolute Gasteiger partial charge is 0.134 e. The van der Waals surface area contributed by atoms with Gasteiger partial charge in [-0.3, -0.25) is 0 Å². The Kier molecular flexibility index (Phi) is 3.42. The van der Waals surface area contributed by atoms with Gasteiger partial charge in [0, 0.05) is 13.0 Å². The second-order valence-corrected chi connectivity index (χ2v) is 1.17. The molecule has 44 valence electrons. The van der Waals surface area contributed by atoms with E-state index in [-0.39, 0.29) is 6.54 Å². The van der Waals surface area contributed by atoms with E-state index < -0.39 is 6.09 Å². The van der Waals surface area contributed by atoms with E-state index in [1.54, 1.807) is 0 Å². The third-order valence-electron chi connectivity index (χ3n) is 0.539. The van der Waals surface area contributed by atoms with Crippen LogP contribution in [0.15, 0.2) is 0 Å². The standard InChI is InChI=1S/C5H7NO2/c1-2-3-4-6-5(7)8/h1,6H,3-4H2,(H,7,8)/p-1. The highest BCUT2D eigenvalue weighted by Crippen LogP contribution is 1.66. The first kappa shape index (κ1) is 6.83. The van der Waals surface area contributed by atoms with Crippen LogP contribution in [-0.4, -0.2) is 12.6 Å². The van der Waals surface area contributed by atoms with Gasteiger partial charge in [0.1, 0.15) is 6.09 Å². The molecule has 0 aromatic heterocycles. The summed E-state index contributed by atoms with van der Waals surface area (Å²) >= 11 is 0. The number of hydrogen-bond acceptors (Lipinski definition) is 2. The predicted octanol–water partition coefficient (Wildman–Crippen LogP) is -1.06. The zero-order chi connectivity index (χ0) is 6.41. The molecule has 0 saturated carbocycles. The first-order valence-corrected chi connectivity index (χ1v) is 2.15. The minimum Gasteiger partial charge on any atom is -0.530 e. The Hall–Kier alpha value is -1.17. The molecule has 0 aliphatic rings. The number of amides is 1. The van der Waals surface area contributed by atoms with Gasteiger partial charge in [-0.1, -0.05) is 0 Å². The normalized spacial score (nSPS) is 7.38. The third kappa shape index (κ3) is 4.83. The summed E-state index contributed by atoms with van der Waals surface area (Å²) < 4.78 is 0. The maximum absolute atomic E-state index is 9.58. The van der Waals surface area contributed by atoms with Crippen LogP contribution in [0.4, 0.5) is 4.79 Å². The molecule has 0 aromatic rings. The fourth-order valence-corrected chi connectivity index (χ4v) is 0.237. The molecule has 0 bridgehead atoms. The van der Waals surface area contributed by atoms with Gasteiger partial charge in [-0.25, -0.2) is 0 Å². The van der Waals surface area contributed by atoms with E-state index in [0.717, 1.165) is 0 Å². The Labute approximate surface area is 47.7 Å². The maximum Gasteiger partial charge on any atom is 0.134 e. The Bertz CT molecular complexity index is 114. The van der Waals surface area contributed by atoms with Crippen molar-refractivity contribution < 1.29 is 9.90 Å². The Morgan fingerprint density at radius 2 is 2.50 bits per heavy atom. The zero-order valence-electron chi connectivity index (χ0n) is 4.31. The summed E-state index contributed by atoms with van der Waals surface area (Å²) in [5.74, 6) is 2.27. The number of carbonyl (C=O) groups is 1. The van der Waals surface area contributed by atoms with Crippen molar-refractivity contribution in [1.29, 1.82) is 0 Å². The van der Waals surface area contributed by atoms with Gasteiger partial charge < -0.3 is 15.2 Å². The SMILES string of the molecule is C#CCCNC(=O)[O-]. The lowest BCUT2D eigenvalue weighted by Gasteiger charge is -2.00. The first-order valence-electron chi connectivity index (χ1n) is 2.15. The molecule has 3 nitrogen and oxygen atoms in total. The fraction of sp³-hybridized carbons (Fsp3) is 0.400. The largest absolute Gasteiger partial charge is 0.530 e. The van der Waals surface area contributed by atoms with Crippen LogP contribution < -0.4 is 10.4 Å². The number of hydrogen-bond donors (Lipinski definition) is 1. The Balaban J connectivity index is 2.97. The van der Waals surface area contributed by atoms with Crippen molar-refractivity contribution >= 4 is 6.09 Å². The first-order chi connectivity index (χ1) is 3.77. The summed E-state index contributed by atoms with van der Waals surface area (Å²) in [5, 5.41) is 11.6. The van der Waals surface area contributed by atoms with Gasteiger partial charge in [0.05, 0.1) is 0 Å². The fourth-order valence-electron chi connectivity index (χ4n) is 0.237. The molecule has 1 amide bonds. The van der Waals surface area contributed by atoms with Crippen LogP contribution in [0.5, 0.6) is 0 Å². The number of rotatable bonds is 2. The average molecular weight is 112 g/mol. The lowest BCUT2D eigenvalue weighted by molar-refractivity contribution is -0.250. The number of carboxylic acid groups (broad SMARTS) is 1. The summed E-state index contributed by atoms with van der Waals surface area (Å²) in [6.45, 7) is 0.277. The van der Waals surface area contributed by atoms with Crippen molar-refractivity contribution in [3.63, 3.8) is 0 Å². The van der Waals surface area contributed by atoms with Gasteiger partial charge >= 0.3 is 0 Å². The molecule has 3 heteroatoms. The summed E-state index contributed by atoms with van der Waals surface area (Å²) in [7, 11) is 0. The second-order valence-electron chi connectivity index (χ2n) is 1.17. The van der Waals surface area contributed by atoms with Gasteiger partial charge in [-0.2, -0.15) is 0 Å². The minimum atomic E-state index is -1.28. The van der Waals surface area contributed by atoms with E-state index in [1.807, 2.05) is 5.32 Å². The van der Waals surface area contributed by atoms with Crippen molar-refractivity contribution in [3.05, 3.63) is 0 Å². The molecule has 0 radical (unpaired) electrons. The molecule has 0 aromatic carbocycles. The van der Waals surface area contributed by atoms with E-state index in [4.69, 9.17) is 6.42 Å². The number of terminal acetylenes is 1.